The van der Waals surface area contributed by atoms with Gasteiger partial charge in [-0.2, -0.15) is 0 Å². The molecular formula is C16H25BrN2. The van der Waals surface area contributed by atoms with Crippen molar-refractivity contribution in [1.82, 2.24) is 5.32 Å². The zero-order valence-electron chi connectivity index (χ0n) is 12.0. The molecule has 0 aliphatic heterocycles. The number of rotatable bonds is 6. The zero-order valence-corrected chi connectivity index (χ0v) is 13.6. The molecule has 2 rings (SSSR count). The summed E-state index contributed by atoms with van der Waals surface area (Å²) in [5.41, 5.74) is 7.81. The van der Waals surface area contributed by atoms with E-state index in [1.54, 1.807) is 0 Å². The van der Waals surface area contributed by atoms with Crippen LogP contribution in [0.3, 0.4) is 0 Å². The molecule has 1 saturated carbocycles. The molecule has 2 nitrogen and oxygen atoms in total. The lowest BCUT2D eigenvalue weighted by Crippen LogP contribution is -2.47. The molecule has 3 N–H and O–H groups in total. The fourth-order valence-corrected chi connectivity index (χ4v) is 3.04. The standard InChI is InChI=1S/C16H25BrN2/c1-15(2,13-4-6-14(17)7-5-13)11-19-12-16(10-18)8-3-9-16/h4-7,19H,3,8-12,18H2,1-2H3. The van der Waals surface area contributed by atoms with E-state index in [0.29, 0.717) is 5.41 Å². The minimum atomic E-state index is 0.153. The van der Waals surface area contributed by atoms with Gasteiger partial charge in [0.15, 0.2) is 0 Å². The zero-order chi connectivity index (χ0) is 13.9. The molecule has 1 aliphatic rings. The molecule has 0 amide bonds. The summed E-state index contributed by atoms with van der Waals surface area (Å²) in [6, 6.07) is 8.64. The van der Waals surface area contributed by atoms with Gasteiger partial charge in [-0.25, -0.2) is 0 Å². The first-order valence-electron chi connectivity index (χ1n) is 7.14. The van der Waals surface area contributed by atoms with E-state index in [2.05, 4.69) is 59.4 Å². The van der Waals surface area contributed by atoms with Crippen LogP contribution in [0.4, 0.5) is 0 Å². The topological polar surface area (TPSA) is 38.0 Å². The normalized spacial score (nSPS) is 18.1. The van der Waals surface area contributed by atoms with Crippen LogP contribution in [-0.2, 0) is 5.41 Å². The van der Waals surface area contributed by atoms with Gasteiger partial charge in [0.05, 0.1) is 0 Å². The fourth-order valence-electron chi connectivity index (χ4n) is 2.77. The number of hydrogen-bond donors (Lipinski definition) is 2. The molecule has 1 fully saturated rings. The predicted octanol–water partition coefficient (Wildman–Crippen LogP) is 3.45. The maximum absolute atomic E-state index is 5.90. The Labute approximate surface area is 125 Å². The van der Waals surface area contributed by atoms with Crippen molar-refractivity contribution in [3.05, 3.63) is 34.3 Å². The van der Waals surface area contributed by atoms with E-state index in [9.17, 15) is 0 Å². The number of nitrogens with two attached hydrogens (primary N) is 1. The number of nitrogens with one attached hydrogen (secondary N) is 1. The minimum absolute atomic E-state index is 0.153. The molecule has 0 bridgehead atoms. The van der Waals surface area contributed by atoms with Gasteiger partial charge in [-0.15, -0.1) is 0 Å². The molecule has 0 spiro atoms. The fraction of sp³-hybridized carbons (Fsp3) is 0.625. The first kappa shape index (κ1) is 15.0. The van der Waals surface area contributed by atoms with Gasteiger partial charge in [0.2, 0.25) is 0 Å². The molecule has 3 heteroatoms. The first-order chi connectivity index (χ1) is 8.97. The Morgan fingerprint density at radius 3 is 2.37 bits per heavy atom. The summed E-state index contributed by atoms with van der Waals surface area (Å²) in [5, 5.41) is 3.64. The summed E-state index contributed by atoms with van der Waals surface area (Å²) < 4.78 is 1.14. The Kier molecular flexibility index (Phi) is 4.70. The van der Waals surface area contributed by atoms with Crippen molar-refractivity contribution in [2.75, 3.05) is 19.6 Å². The highest BCUT2D eigenvalue weighted by molar-refractivity contribution is 9.10. The number of halogens is 1. The van der Waals surface area contributed by atoms with Crippen molar-refractivity contribution in [2.24, 2.45) is 11.1 Å². The molecule has 0 unspecified atom stereocenters. The molecule has 0 atom stereocenters. The second kappa shape index (κ2) is 5.94. The van der Waals surface area contributed by atoms with Crippen LogP contribution in [0.25, 0.3) is 0 Å². The molecule has 106 valence electrons. The van der Waals surface area contributed by atoms with Crippen LogP contribution in [0.1, 0.15) is 38.7 Å². The molecular weight excluding hydrogens is 300 g/mol. The van der Waals surface area contributed by atoms with E-state index in [-0.39, 0.29) is 5.41 Å². The molecule has 1 aromatic rings. The number of hydrogen-bond acceptors (Lipinski definition) is 2. The summed E-state index contributed by atoms with van der Waals surface area (Å²) in [4.78, 5) is 0. The third kappa shape index (κ3) is 3.59. The summed E-state index contributed by atoms with van der Waals surface area (Å²) in [7, 11) is 0. The smallest absolute Gasteiger partial charge is 0.0175 e. The van der Waals surface area contributed by atoms with Crippen molar-refractivity contribution in [3.63, 3.8) is 0 Å². The third-order valence-corrected chi connectivity index (χ3v) is 5.07. The SMILES string of the molecule is CC(C)(CNCC1(CN)CCC1)c1ccc(Br)cc1. The second-order valence-corrected chi connectivity index (χ2v) is 7.47. The van der Waals surface area contributed by atoms with Crippen molar-refractivity contribution >= 4 is 15.9 Å². The highest BCUT2D eigenvalue weighted by Crippen LogP contribution is 2.39. The predicted molar refractivity (Wildman–Crippen MR) is 85.4 cm³/mol. The van der Waals surface area contributed by atoms with Gasteiger partial charge >= 0.3 is 0 Å². The van der Waals surface area contributed by atoms with Gasteiger partial charge in [-0.3, -0.25) is 0 Å². The average molecular weight is 325 g/mol. The minimum Gasteiger partial charge on any atom is -0.330 e. The average Bonchev–Trinajstić information content (AvgIpc) is 2.33. The summed E-state index contributed by atoms with van der Waals surface area (Å²) in [6.45, 7) is 7.46. The first-order valence-corrected chi connectivity index (χ1v) is 7.94. The lowest BCUT2D eigenvalue weighted by molar-refractivity contribution is 0.138. The Morgan fingerprint density at radius 1 is 1.26 bits per heavy atom. The van der Waals surface area contributed by atoms with Gasteiger partial charge in [0.1, 0.15) is 0 Å². The van der Waals surface area contributed by atoms with Crippen molar-refractivity contribution in [3.8, 4) is 0 Å². The Hall–Kier alpha value is -0.380. The Bertz CT molecular complexity index is 402. The van der Waals surface area contributed by atoms with E-state index in [4.69, 9.17) is 5.73 Å². The van der Waals surface area contributed by atoms with Gasteiger partial charge < -0.3 is 11.1 Å². The largest absolute Gasteiger partial charge is 0.330 e. The van der Waals surface area contributed by atoms with Crippen LogP contribution < -0.4 is 11.1 Å². The van der Waals surface area contributed by atoms with Crippen LogP contribution in [0.15, 0.2) is 28.7 Å². The van der Waals surface area contributed by atoms with Crippen molar-refractivity contribution in [1.29, 1.82) is 0 Å². The van der Waals surface area contributed by atoms with Crippen LogP contribution in [0, 0.1) is 5.41 Å². The molecule has 19 heavy (non-hydrogen) atoms. The Balaban J connectivity index is 1.88. The molecule has 1 aliphatic carbocycles. The molecule has 0 saturated heterocycles. The van der Waals surface area contributed by atoms with Crippen LogP contribution in [0.2, 0.25) is 0 Å². The molecule has 0 radical (unpaired) electrons. The van der Waals surface area contributed by atoms with Crippen LogP contribution >= 0.6 is 15.9 Å². The maximum atomic E-state index is 5.90. The van der Waals surface area contributed by atoms with Crippen molar-refractivity contribution in [2.45, 2.75) is 38.5 Å². The van der Waals surface area contributed by atoms with E-state index >= 15 is 0 Å². The summed E-state index contributed by atoms with van der Waals surface area (Å²) in [5.74, 6) is 0. The van der Waals surface area contributed by atoms with Crippen molar-refractivity contribution < 1.29 is 0 Å². The van der Waals surface area contributed by atoms with Gasteiger partial charge in [0.25, 0.3) is 0 Å². The lowest BCUT2D eigenvalue weighted by Gasteiger charge is -2.42. The molecule has 0 heterocycles. The van der Waals surface area contributed by atoms with Gasteiger partial charge in [-0.1, -0.05) is 48.3 Å². The van der Waals surface area contributed by atoms with Crippen LogP contribution in [-0.4, -0.2) is 19.6 Å². The van der Waals surface area contributed by atoms with E-state index in [1.165, 1.54) is 24.8 Å². The maximum Gasteiger partial charge on any atom is 0.0175 e. The monoisotopic (exact) mass is 324 g/mol. The highest BCUT2D eigenvalue weighted by Gasteiger charge is 2.35. The summed E-state index contributed by atoms with van der Waals surface area (Å²) >= 11 is 3.49. The quantitative estimate of drug-likeness (QED) is 0.841. The second-order valence-electron chi connectivity index (χ2n) is 6.55. The highest BCUT2D eigenvalue weighted by atomic mass is 79.9. The lowest BCUT2D eigenvalue weighted by atomic mass is 9.68. The molecule has 0 aromatic heterocycles. The number of benzene rings is 1. The Morgan fingerprint density at radius 2 is 1.89 bits per heavy atom. The van der Waals surface area contributed by atoms with Gasteiger partial charge in [0, 0.05) is 23.0 Å². The van der Waals surface area contributed by atoms with E-state index in [1.807, 2.05) is 0 Å². The van der Waals surface area contributed by atoms with E-state index < -0.39 is 0 Å². The van der Waals surface area contributed by atoms with E-state index in [0.717, 1.165) is 24.1 Å². The van der Waals surface area contributed by atoms with Gasteiger partial charge in [-0.05, 0) is 42.5 Å². The third-order valence-electron chi connectivity index (χ3n) is 4.54. The molecule has 1 aromatic carbocycles. The summed E-state index contributed by atoms with van der Waals surface area (Å²) in [6.07, 6.45) is 3.92. The van der Waals surface area contributed by atoms with Crippen LogP contribution in [0.5, 0.6) is 0 Å².